The summed E-state index contributed by atoms with van der Waals surface area (Å²) in [6, 6.07) is 10.3. The van der Waals surface area contributed by atoms with E-state index in [2.05, 4.69) is 36.4 Å². The van der Waals surface area contributed by atoms with Gasteiger partial charge in [0, 0.05) is 11.3 Å². The topological polar surface area (TPSA) is 26.0 Å². The zero-order chi connectivity index (χ0) is 14.9. The first-order chi connectivity index (χ1) is 10.3. The summed E-state index contributed by atoms with van der Waals surface area (Å²) in [5.41, 5.74) is 1.06. The molecule has 0 amide bonds. The van der Waals surface area contributed by atoms with Gasteiger partial charge in [-0.1, -0.05) is 56.7 Å². The molecule has 0 aliphatic rings. The molecule has 2 rings (SSSR count). The van der Waals surface area contributed by atoms with E-state index >= 15 is 0 Å². The van der Waals surface area contributed by atoms with E-state index in [4.69, 9.17) is 4.42 Å². The van der Waals surface area contributed by atoms with Gasteiger partial charge < -0.3 is 4.42 Å². The number of aromatic nitrogens is 1. The standard InChI is InChI=1S/C18H23NOS/c1-3-5-7-12-18-19-16(4-2)17(20-18)13-14-21-15-10-8-6-9-11-15/h6,8-11,13-14H,3-5,7,12H2,1-2H3/b14-13+. The molecule has 0 aliphatic heterocycles. The van der Waals surface area contributed by atoms with E-state index in [1.807, 2.05) is 24.3 Å². The van der Waals surface area contributed by atoms with E-state index in [9.17, 15) is 0 Å². The molecule has 21 heavy (non-hydrogen) atoms. The number of aryl methyl sites for hydroxylation is 2. The fourth-order valence-corrected chi connectivity index (χ4v) is 2.77. The molecule has 1 aromatic carbocycles. The summed E-state index contributed by atoms with van der Waals surface area (Å²) in [5.74, 6) is 1.79. The van der Waals surface area contributed by atoms with Gasteiger partial charge in [-0.25, -0.2) is 4.98 Å². The highest BCUT2D eigenvalue weighted by Crippen LogP contribution is 2.22. The summed E-state index contributed by atoms with van der Waals surface area (Å²) in [6.45, 7) is 4.33. The van der Waals surface area contributed by atoms with Crippen molar-refractivity contribution in [2.45, 2.75) is 50.8 Å². The maximum atomic E-state index is 5.88. The van der Waals surface area contributed by atoms with Gasteiger partial charge in [-0.2, -0.15) is 0 Å². The molecule has 0 bridgehead atoms. The number of thioether (sulfide) groups is 1. The summed E-state index contributed by atoms with van der Waals surface area (Å²) >= 11 is 1.70. The molecule has 1 heterocycles. The van der Waals surface area contributed by atoms with Crippen LogP contribution in [0.4, 0.5) is 0 Å². The van der Waals surface area contributed by atoms with Gasteiger partial charge >= 0.3 is 0 Å². The second kappa shape index (κ2) is 8.73. The van der Waals surface area contributed by atoms with Crippen LogP contribution in [-0.4, -0.2) is 4.98 Å². The summed E-state index contributed by atoms with van der Waals surface area (Å²) in [5, 5.41) is 2.07. The van der Waals surface area contributed by atoms with E-state index in [1.165, 1.54) is 17.7 Å². The molecule has 0 radical (unpaired) electrons. The monoisotopic (exact) mass is 301 g/mol. The highest BCUT2D eigenvalue weighted by atomic mass is 32.2. The lowest BCUT2D eigenvalue weighted by Gasteiger charge is -1.94. The zero-order valence-corrected chi connectivity index (χ0v) is 13.7. The van der Waals surface area contributed by atoms with Gasteiger partial charge in [0.1, 0.15) is 0 Å². The number of nitrogens with zero attached hydrogens (tertiary/aromatic N) is 1. The first-order valence-corrected chi connectivity index (χ1v) is 8.58. The quantitative estimate of drug-likeness (QED) is 0.460. The Morgan fingerprint density at radius 3 is 2.67 bits per heavy atom. The lowest BCUT2D eigenvalue weighted by atomic mass is 10.2. The van der Waals surface area contributed by atoms with E-state index in [0.29, 0.717) is 0 Å². The second-order valence-electron chi connectivity index (χ2n) is 4.96. The highest BCUT2D eigenvalue weighted by molar-refractivity contribution is 8.02. The minimum atomic E-state index is 0.879. The van der Waals surface area contributed by atoms with Gasteiger partial charge in [-0.15, -0.1) is 0 Å². The van der Waals surface area contributed by atoms with Crippen molar-refractivity contribution in [1.82, 2.24) is 4.98 Å². The smallest absolute Gasteiger partial charge is 0.195 e. The lowest BCUT2D eigenvalue weighted by molar-refractivity contribution is 0.475. The Balaban J connectivity index is 1.98. The highest BCUT2D eigenvalue weighted by Gasteiger charge is 2.08. The van der Waals surface area contributed by atoms with Crippen LogP contribution in [0.2, 0.25) is 0 Å². The van der Waals surface area contributed by atoms with Crippen LogP contribution in [0.25, 0.3) is 6.08 Å². The summed E-state index contributed by atoms with van der Waals surface area (Å²) < 4.78 is 5.88. The van der Waals surface area contributed by atoms with E-state index in [-0.39, 0.29) is 0 Å². The van der Waals surface area contributed by atoms with Gasteiger partial charge in [0.25, 0.3) is 0 Å². The number of oxazole rings is 1. The Hall–Kier alpha value is -1.48. The van der Waals surface area contributed by atoms with Crippen LogP contribution in [0.3, 0.4) is 0 Å². The molecule has 0 N–H and O–H groups in total. The van der Waals surface area contributed by atoms with Crippen molar-refractivity contribution in [3.05, 3.63) is 53.1 Å². The summed E-state index contributed by atoms with van der Waals surface area (Å²) in [7, 11) is 0. The zero-order valence-electron chi connectivity index (χ0n) is 12.8. The van der Waals surface area contributed by atoms with E-state index in [1.54, 1.807) is 11.8 Å². The Labute approximate surface area is 131 Å². The molecular formula is C18H23NOS. The predicted molar refractivity (Wildman–Crippen MR) is 90.4 cm³/mol. The second-order valence-corrected chi connectivity index (χ2v) is 5.94. The summed E-state index contributed by atoms with van der Waals surface area (Å²) in [6.07, 6.45) is 7.50. The Morgan fingerprint density at radius 1 is 1.14 bits per heavy atom. The number of hydrogen-bond acceptors (Lipinski definition) is 3. The van der Waals surface area contributed by atoms with E-state index in [0.717, 1.165) is 36.6 Å². The molecule has 0 spiro atoms. The lowest BCUT2D eigenvalue weighted by Crippen LogP contribution is -1.87. The van der Waals surface area contributed by atoms with Crippen molar-refractivity contribution in [3.63, 3.8) is 0 Å². The third kappa shape index (κ3) is 5.09. The number of rotatable bonds is 8. The van der Waals surface area contributed by atoms with Crippen LogP contribution in [0.1, 0.15) is 50.5 Å². The summed E-state index contributed by atoms with van der Waals surface area (Å²) in [4.78, 5) is 5.83. The van der Waals surface area contributed by atoms with Gasteiger partial charge in [-0.3, -0.25) is 0 Å². The molecule has 3 heteroatoms. The molecule has 0 saturated carbocycles. The molecular weight excluding hydrogens is 278 g/mol. The molecule has 1 aromatic heterocycles. The molecule has 0 saturated heterocycles. The van der Waals surface area contributed by atoms with Crippen LogP contribution in [0.15, 0.2) is 45.1 Å². The SMILES string of the molecule is CCCCCc1nc(CC)c(/C=C/Sc2ccccc2)o1. The Kier molecular flexibility index (Phi) is 6.61. The normalized spacial score (nSPS) is 11.3. The molecule has 0 fully saturated rings. The first-order valence-electron chi connectivity index (χ1n) is 7.70. The number of hydrogen-bond donors (Lipinski definition) is 0. The molecule has 2 nitrogen and oxygen atoms in total. The number of benzene rings is 1. The van der Waals surface area contributed by atoms with Crippen molar-refractivity contribution in [2.75, 3.05) is 0 Å². The third-order valence-electron chi connectivity index (χ3n) is 3.27. The first kappa shape index (κ1) is 15.9. The maximum Gasteiger partial charge on any atom is 0.195 e. The van der Waals surface area contributed by atoms with Gasteiger partial charge in [0.05, 0.1) is 5.69 Å². The fraction of sp³-hybridized carbons (Fsp3) is 0.389. The van der Waals surface area contributed by atoms with Crippen LogP contribution >= 0.6 is 11.8 Å². The number of unbranched alkanes of at least 4 members (excludes halogenated alkanes) is 2. The molecule has 112 valence electrons. The van der Waals surface area contributed by atoms with Crippen molar-refractivity contribution < 1.29 is 4.42 Å². The van der Waals surface area contributed by atoms with Crippen molar-refractivity contribution in [1.29, 1.82) is 0 Å². The largest absolute Gasteiger partial charge is 0.441 e. The van der Waals surface area contributed by atoms with Crippen LogP contribution in [0.5, 0.6) is 0 Å². The average molecular weight is 301 g/mol. The van der Waals surface area contributed by atoms with Crippen molar-refractivity contribution >= 4 is 17.8 Å². The van der Waals surface area contributed by atoms with Gasteiger partial charge in [0.2, 0.25) is 0 Å². The Morgan fingerprint density at radius 2 is 1.95 bits per heavy atom. The Bertz CT molecular complexity index is 560. The maximum absolute atomic E-state index is 5.88. The van der Waals surface area contributed by atoms with Crippen molar-refractivity contribution in [3.8, 4) is 0 Å². The minimum absolute atomic E-state index is 0.879. The molecule has 0 atom stereocenters. The molecule has 2 aromatic rings. The predicted octanol–water partition coefficient (Wildman–Crippen LogP) is 5.73. The molecule has 0 aliphatic carbocycles. The van der Waals surface area contributed by atoms with Crippen LogP contribution < -0.4 is 0 Å². The molecule has 0 unspecified atom stereocenters. The van der Waals surface area contributed by atoms with Gasteiger partial charge in [0.15, 0.2) is 11.7 Å². The van der Waals surface area contributed by atoms with E-state index < -0.39 is 0 Å². The van der Waals surface area contributed by atoms with Crippen LogP contribution in [0, 0.1) is 0 Å². The minimum Gasteiger partial charge on any atom is -0.441 e. The van der Waals surface area contributed by atoms with Gasteiger partial charge in [-0.05, 0) is 36.5 Å². The average Bonchev–Trinajstić information content (AvgIpc) is 2.91. The van der Waals surface area contributed by atoms with Crippen LogP contribution in [-0.2, 0) is 12.8 Å². The fourth-order valence-electron chi connectivity index (χ4n) is 2.10. The van der Waals surface area contributed by atoms with Crippen molar-refractivity contribution in [2.24, 2.45) is 0 Å². The third-order valence-corrected chi connectivity index (χ3v) is 4.08.